The van der Waals surface area contributed by atoms with Crippen LogP contribution in [-0.2, 0) is 4.79 Å². The number of amides is 1. The first-order valence-electron chi connectivity index (χ1n) is 9.96. The number of hydrogen-bond donors (Lipinski definition) is 3. The lowest BCUT2D eigenvalue weighted by atomic mass is 9.89. The van der Waals surface area contributed by atoms with Crippen molar-refractivity contribution in [3.05, 3.63) is 29.9 Å². The molecule has 0 saturated carbocycles. The molecule has 0 spiro atoms. The zero-order valence-corrected chi connectivity index (χ0v) is 17.8. The van der Waals surface area contributed by atoms with E-state index in [1.54, 1.807) is 23.7 Å². The highest BCUT2D eigenvalue weighted by molar-refractivity contribution is 7.18. The fourth-order valence-electron chi connectivity index (χ4n) is 3.16. The highest BCUT2D eigenvalue weighted by Gasteiger charge is 2.27. The predicted molar refractivity (Wildman–Crippen MR) is 118 cm³/mol. The van der Waals surface area contributed by atoms with Crippen LogP contribution < -0.4 is 16.0 Å². The summed E-state index contributed by atoms with van der Waals surface area (Å²) in [5, 5.41) is 12.0. The first-order chi connectivity index (χ1) is 14.0. The molecule has 4 rings (SSSR count). The third-order valence-corrected chi connectivity index (χ3v) is 6.48. The number of rotatable bonds is 6. The average Bonchev–Trinajstić information content (AvgIpc) is 3.39. The van der Waals surface area contributed by atoms with Gasteiger partial charge in [0.25, 0.3) is 0 Å². The van der Waals surface area contributed by atoms with Gasteiger partial charge in [0.15, 0.2) is 5.82 Å². The molecule has 8 heteroatoms. The Balaban J connectivity index is 1.77. The molecule has 3 aromatic heterocycles. The van der Waals surface area contributed by atoms with Gasteiger partial charge in [-0.3, -0.25) is 9.78 Å². The summed E-state index contributed by atoms with van der Waals surface area (Å²) in [6.45, 7) is 7.84. The van der Waals surface area contributed by atoms with Crippen LogP contribution in [0.2, 0.25) is 0 Å². The van der Waals surface area contributed by atoms with Crippen molar-refractivity contribution >= 4 is 39.0 Å². The van der Waals surface area contributed by atoms with Crippen molar-refractivity contribution in [2.45, 2.75) is 39.7 Å². The number of anilines is 2. The summed E-state index contributed by atoms with van der Waals surface area (Å²) in [5.41, 5.74) is 1.96. The van der Waals surface area contributed by atoms with Crippen LogP contribution in [0.25, 0.3) is 21.6 Å². The van der Waals surface area contributed by atoms with E-state index in [9.17, 15) is 4.79 Å². The molecule has 0 aromatic carbocycles. The second-order valence-electron chi connectivity index (χ2n) is 7.98. The van der Waals surface area contributed by atoms with Crippen molar-refractivity contribution in [1.29, 1.82) is 0 Å². The van der Waals surface area contributed by atoms with Crippen molar-refractivity contribution in [3.8, 4) is 11.4 Å². The lowest BCUT2D eigenvalue weighted by Crippen LogP contribution is -2.29. The van der Waals surface area contributed by atoms with Crippen molar-refractivity contribution < 1.29 is 4.79 Å². The van der Waals surface area contributed by atoms with Gasteiger partial charge in [-0.1, -0.05) is 20.8 Å². The number of carbonyl (C=O) groups excluding carboxylic acids is 1. The summed E-state index contributed by atoms with van der Waals surface area (Å²) in [5.74, 6) is 1.44. The van der Waals surface area contributed by atoms with Gasteiger partial charge in [-0.05, 0) is 31.5 Å². The summed E-state index contributed by atoms with van der Waals surface area (Å²) in [7, 11) is 0. The predicted octanol–water partition coefficient (Wildman–Crippen LogP) is 3.90. The average molecular weight is 411 g/mol. The van der Waals surface area contributed by atoms with E-state index in [-0.39, 0.29) is 5.91 Å². The highest BCUT2D eigenvalue weighted by Crippen LogP contribution is 2.36. The molecule has 0 bridgehead atoms. The third kappa shape index (κ3) is 4.09. The van der Waals surface area contributed by atoms with E-state index in [4.69, 9.17) is 9.97 Å². The Morgan fingerprint density at radius 2 is 2.10 bits per heavy atom. The number of nitrogens with one attached hydrogen (secondary N) is 3. The molecule has 0 radical (unpaired) electrons. The van der Waals surface area contributed by atoms with Crippen LogP contribution >= 0.6 is 11.3 Å². The maximum absolute atomic E-state index is 12.7. The Bertz CT molecular complexity index is 1010. The molecule has 1 fully saturated rings. The fraction of sp³-hybridized carbons (Fsp3) is 0.429. The standard InChI is InChI=1S/C21H26N6OS/c1-4-21(2,3)20(28)25-15-12-29-17-16(15)26-18(13-5-8-22-9-6-13)27-19(17)24-14-7-10-23-11-14/h5-6,8-9,12,14,23H,4,7,10-11H2,1-3H3,(H,25,28)(H,24,26,27). The molecule has 1 aliphatic rings. The number of pyridine rings is 1. The molecule has 3 aromatic rings. The van der Waals surface area contributed by atoms with Crippen LogP contribution in [0.3, 0.4) is 0 Å². The molecule has 1 amide bonds. The molecular formula is C21H26N6OS. The number of fused-ring (bicyclic) bond motifs is 1. The van der Waals surface area contributed by atoms with Crippen LogP contribution in [0.4, 0.5) is 11.5 Å². The van der Waals surface area contributed by atoms with E-state index in [1.807, 2.05) is 38.3 Å². The molecule has 4 heterocycles. The normalized spacial score (nSPS) is 16.9. The number of nitrogens with zero attached hydrogens (tertiary/aromatic N) is 3. The molecule has 1 aliphatic heterocycles. The van der Waals surface area contributed by atoms with Gasteiger partial charge >= 0.3 is 0 Å². The van der Waals surface area contributed by atoms with E-state index < -0.39 is 5.41 Å². The zero-order chi connectivity index (χ0) is 20.4. The molecule has 0 aliphatic carbocycles. The Kier molecular flexibility index (Phi) is 5.47. The molecule has 1 saturated heterocycles. The maximum atomic E-state index is 12.7. The maximum Gasteiger partial charge on any atom is 0.230 e. The van der Waals surface area contributed by atoms with Crippen LogP contribution in [-0.4, -0.2) is 40.0 Å². The minimum Gasteiger partial charge on any atom is -0.365 e. The third-order valence-electron chi connectivity index (χ3n) is 5.50. The van der Waals surface area contributed by atoms with E-state index in [2.05, 4.69) is 20.9 Å². The lowest BCUT2D eigenvalue weighted by molar-refractivity contribution is -0.124. The van der Waals surface area contributed by atoms with E-state index in [1.165, 1.54) is 0 Å². The fourth-order valence-corrected chi connectivity index (χ4v) is 4.05. The van der Waals surface area contributed by atoms with Crippen LogP contribution in [0.5, 0.6) is 0 Å². The van der Waals surface area contributed by atoms with Gasteiger partial charge in [0.2, 0.25) is 5.91 Å². The van der Waals surface area contributed by atoms with Crippen LogP contribution in [0, 0.1) is 5.41 Å². The van der Waals surface area contributed by atoms with Gasteiger partial charge in [0.05, 0.1) is 10.4 Å². The Morgan fingerprint density at radius 1 is 1.31 bits per heavy atom. The Hall–Kier alpha value is -2.58. The second kappa shape index (κ2) is 8.04. The summed E-state index contributed by atoms with van der Waals surface area (Å²) in [6, 6.07) is 4.12. The highest BCUT2D eigenvalue weighted by atomic mass is 32.1. The smallest absolute Gasteiger partial charge is 0.230 e. The van der Waals surface area contributed by atoms with Gasteiger partial charge in [-0.25, -0.2) is 9.97 Å². The first kappa shape index (κ1) is 19.7. The number of hydrogen-bond acceptors (Lipinski definition) is 7. The van der Waals surface area contributed by atoms with E-state index in [0.29, 0.717) is 11.9 Å². The molecule has 29 heavy (non-hydrogen) atoms. The quantitative estimate of drug-likeness (QED) is 0.571. The Morgan fingerprint density at radius 3 is 2.79 bits per heavy atom. The topological polar surface area (TPSA) is 91.8 Å². The van der Waals surface area contributed by atoms with Crippen molar-refractivity contribution in [3.63, 3.8) is 0 Å². The lowest BCUT2D eigenvalue weighted by Gasteiger charge is -2.21. The van der Waals surface area contributed by atoms with Gasteiger partial charge in [-0.15, -0.1) is 11.3 Å². The van der Waals surface area contributed by atoms with Crippen molar-refractivity contribution in [1.82, 2.24) is 20.3 Å². The summed E-state index contributed by atoms with van der Waals surface area (Å²) in [6.07, 6.45) is 5.28. The summed E-state index contributed by atoms with van der Waals surface area (Å²) < 4.78 is 0.958. The SMILES string of the molecule is CCC(C)(C)C(=O)Nc1csc2c(NC3CCNC3)nc(-c3ccncc3)nc12. The van der Waals surface area contributed by atoms with Crippen molar-refractivity contribution in [2.75, 3.05) is 23.7 Å². The van der Waals surface area contributed by atoms with Gasteiger partial charge in [0.1, 0.15) is 11.3 Å². The Labute approximate surface area is 174 Å². The van der Waals surface area contributed by atoms with Gasteiger partial charge < -0.3 is 16.0 Å². The van der Waals surface area contributed by atoms with Gasteiger partial charge in [0, 0.05) is 41.3 Å². The number of aromatic nitrogens is 3. The number of thiophene rings is 1. The summed E-state index contributed by atoms with van der Waals surface area (Å²) >= 11 is 1.55. The zero-order valence-electron chi connectivity index (χ0n) is 17.0. The van der Waals surface area contributed by atoms with E-state index in [0.717, 1.165) is 53.2 Å². The minimum absolute atomic E-state index is 0.00160. The van der Waals surface area contributed by atoms with E-state index >= 15 is 0 Å². The van der Waals surface area contributed by atoms with Crippen LogP contribution in [0.1, 0.15) is 33.6 Å². The van der Waals surface area contributed by atoms with Gasteiger partial charge in [-0.2, -0.15) is 0 Å². The molecule has 7 nitrogen and oxygen atoms in total. The molecule has 3 N–H and O–H groups in total. The molecule has 1 unspecified atom stereocenters. The first-order valence-corrected chi connectivity index (χ1v) is 10.8. The van der Waals surface area contributed by atoms with Crippen molar-refractivity contribution in [2.24, 2.45) is 5.41 Å². The molecular weight excluding hydrogens is 384 g/mol. The van der Waals surface area contributed by atoms with Crippen LogP contribution in [0.15, 0.2) is 29.9 Å². The largest absolute Gasteiger partial charge is 0.365 e. The molecule has 1 atom stereocenters. The number of carbonyl (C=O) groups is 1. The summed E-state index contributed by atoms with van der Waals surface area (Å²) in [4.78, 5) is 26.4. The minimum atomic E-state index is -0.439. The molecule has 152 valence electrons. The second-order valence-corrected chi connectivity index (χ2v) is 8.86. The monoisotopic (exact) mass is 410 g/mol.